The number of hydrogen-bond acceptors (Lipinski definition) is 5. The van der Waals surface area contributed by atoms with Gasteiger partial charge >= 0.3 is 6.09 Å². The van der Waals surface area contributed by atoms with Crippen LogP contribution in [0, 0.1) is 6.92 Å². The van der Waals surface area contributed by atoms with Crippen molar-refractivity contribution < 1.29 is 22.7 Å². The van der Waals surface area contributed by atoms with Crippen molar-refractivity contribution in [2.45, 2.75) is 38.2 Å². The summed E-state index contributed by atoms with van der Waals surface area (Å²) >= 11 is 0. The topological polar surface area (TPSA) is 92.8 Å². The third-order valence-electron chi connectivity index (χ3n) is 4.51. The minimum absolute atomic E-state index is 0.00788. The molecule has 33 heavy (non-hydrogen) atoms. The predicted molar refractivity (Wildman–Crippen MR) is 128 cm³/mol. The standard InChI is InChI=1S/C25H26N2O5S/c1-18-10-16-22(17-11-18)33(30,31)27(21-8-6-5-7-9-21)23(28)19-12-14-20(15-13-19)26-24(29)32-25(2,3)4/h5-17H,1-4H3,(H,26,29). The van der Waals surface area contributed by atoms with Crippen molar-refractivity contribution in [3.8, 4) is 0 Å². The van der Waals surface area contributed by atoms with Gasteiger partial charge in [-0.2, -0.15) is 4.31 Å². The second-order valence-electron chi connectivity index (χ2n) is 8.43. The Bertz CT molecular complexity index is 1230. The van der Waals surface area contributed by atoms with Crippen LogP contribution in [0.4, 0.5) is 16.2 Å². The van der Waals surface area contributed by atoms with Crippen molar-refractivity contribution in [1.82, 2.24) is 0 Å². The second kappa shape index (κ2) is 9.46. The van der Waals surface area contributed by atoms with E-state index in [0.717, 1.165) is 9.87 Å². The van der Waals surface area contributed by atoms with Crippen LogP contribution in [0.5, 0.6) is 0 Å². The van der Waals surface area contributed by atoms with Crippen LogP contribution in [0.25, 0.3) is 0 Å². The molecular weight excluding hydrogens is 440 g/mol. The number of ether oxygens (including phenoxy) is 1. The fourth-order valence-corrected chi connectivity index (χ4v) is 4.39. The molecule has 0 aliphatic heterocycles. The summed E-state index contributed by atoms with van der Waals surface area (Å²) in [4.78, 5) is 25.4. The van der Waals surface area contributed by atoms with E-state index in [1.165, 1.54) is 36.4 Å². The molecule has 2 amide bonds. The number of hydrogen-bond donors (Lipinski definition) is 1. The van der Waals surface area contributed by atoms with Crippen molar-refractivity contribution in [1.29, 1.82) is 0 Å². The Morgan fingerprint density at radius 1 is 0.848 bits per heavy atom. The number of amides is 2. The van der Waals surface area contributed by atoms with Crippen LogP contribution in [0.3, 0.4) is 0 Å². The molecule has 0 radical (unpaired) electrons. The molecule has 1 N–H and O–H groups in total. The average molecular weight is 467 g/mol. The van der Waals surface area contributed by atoms with E-state index in [9.17, 15) is 18.0 Å². The normalized spacial score (nSPS) is 11.5. The Morgan fingerprint density at radius 3 is 1.97 bits per heavy atom. The zero-order valence-corrected chi connectivity index (χ0v) is 19.7. The summed E-state index contributed by atoms with van der Waals surface area (Å²) in [6, 6.07) is 20.4. The number of carbonyl (C=O) groups excluding carboxylic acids is 2. The van der Waals surface area contributed by atoms with Gasteiger partial charge in [0.25, 0.3) is 15.9 Å². The first-order valence-electron chi connectivity index (χ1n) is 10.3. The summed E-state index contributed by atoms with van der Waals surface area (Å²) in [5.41, 5.74) is 1.02. The highest BCUT2D eigenvalue weighted by Gasteiger charge is 2.31. The van der Waals surface area contributed by atoms with E-state index in [0.29, 0.717) is 5.69 Å². The molecule has 0 saturated carbocycles. The highest BCUT2D eigenvalue weighted by molar-refractivity contribution is 7.93. The molecule has 0 aliphatic carbocycles. The molecule has 0 saturated heterocycles. The summed E-state index contributed by atoms with van der Waals surface area (Å²) in [5, 5.41) is 2.58. The Labute approximate surface area is 194 Å². The van der Waals surface area contributed by atoms with E-state index in [2.05, 4.69) is 5.32 Å². The molecule has 0 fully saturated rings. The SMILES string of the molecule is Cc1ccc(S(=O)(=O)N(C(=O)c2ccc(NC(=O)OC(C)(C)C)cc2)c2ccccc2)cc1. The van der Waals surface area contributed by atoms with Crippen molar-refractivity contribution in [2.24, 2.45) is 0 Å². The zero-order valence-electron chi connectivity index (χ0n) is 18.9. The lowest BCUT2D eigenvalue weighted by molar-refractivity contribution is 0.0635. The largest absolute Gasteiger partial charge is 0.444 e. The Kier molecular flexibility index (Phi) is 6.88. The maximum absolute atomic E-state index is 13.4. The number of carbonyl (C=O) groups is 2. The minimum atomic E-state index is -4.17. The molecule has 3 rings (SSSR count). The maximum atomic E-state index is 13.4. The van der Waals surface area contributed by atoms with Crippen LogP contribution in [-0.2, 0) is 14.8 Å². The quantitative estimate of drug-likeness (QED) is 0.545. The van der Waals surface area contributed by atoms with Gasteiger partial charge < -0.3 is 4.74 Å². The number of aryl methyl sites for hydroxylation is 1. The van der Waals surface area contributed by atoms with E-state index in [1.54, 1.807) is 63.2 Å². The Balaban J connectivity index is 1.93. The number of anilines is 2. The smallest absolute Gasteiger partial charge is 0.412 e. The summed E-state index contributed by atoms with van der Waals surface area (Å²) in [6.45, 7) is 7.10. The van der Waals surface area contributed by atoms with E-state index in [1.807, 2.05) is 6.92 Å². The molecule has 0 unspecified atom stereocenters. The number of rotatable bonds is 5. The minimum Gasteiger partial charge on any atom is -0.444 e. The molecule has 0 aromatic heterocycles. The van der Waals surface area contributed by atoms with Crippen molar-refractivity contribution in [2.75, 3.05) is 9.62 Å². The van der Waals surface area contributed by atoms with Crippen LogP contribution >= 0.6 is 0 Å². The first-order valence-corrected chi connectivity index (χ1v) is 11.7. The van der Waals surface area contributed by atoms with E-state index < -0.39 is 27.6 Å². The molecule has 3 aromatic rings. The van der Waals surface area contributed by atoms with Crippen molar-refractivity contribution in [3.63, 3.8) is 0 Å². The third kappa shape index (κ3) is 5.98. The van der Waals surface area contributed by atoms with Gasteiger partial charge in [-0.25, -0.2) is 13.2 Å². The lowest BCUT2D eigenvalue weighted by Gasteiger charge is -2.23. The molecule has 0 spiro atoms. The summed E-state index contributed by atoms with van der Waals surface area (Å²) in [6.07, 6.45) is -0.630. The summed E-state index contributed by atoms with van der Waals surface area (Å²) < 4.78 is 32.9. The number of sulfonamides is 1. The average Bonchev–Trinajstić information content (AvgIpc) is 2.74. The number of nitrogens with zero attached hydrogens (tertiary/aromatic N) is 1. The Hall–Kier alpha value is -3.65. The highest BCUT2D eigenvalue weighted by Crippen LogP contribution is 2.26. The monoisotopic (exact) mass is 466 g/mol. The van der Waals surface area contributed by atoms with Gasteiger partial charge in [-0.15, -0.1) is 0 Å². The number of benzene rings is 3. The van der Waals surface area contributed by atoms with Crippen LogP contribution in [-0.4, -0.2) is 26.0 Å². The van der Waals surface area contributed by atoms with Crippen molar-refractivity contribution >= 4 is 33.4 Å². The Morgan fingerprint density at radius 2 is 1.42 bits per heavy atom. The molecule has 0 atom stereocenters. The fourth-order valence-electron chi connectivity index (χ4n) is 2.98. The maximum Gasteiger partial charge on any atom is 0.412 e. The van der Waals surface area contributed by atoms with Gasteiger partial charge in [0.2, 0.25) is 0 Å². The molecule has 3 aromatic carbocycles. The first-order chi connectivity index (χ1) is 15.5. The molecule has 7 nitrogen and oxygen atoms in total. The summed E-state index contributed by atoms with van der Waals surface area (Å²) in [5.74, 6) is -0.717. The summed E-state index contributed by atoms with van der Waals surface area (Å²) in [7, 11) is -4.17. The van der Waals surface area contributed by atoms with Gasteiger partial charge in [-0.3, -0.25) is 10.1 Å². The van der Waals surface area contributed by atoms with E-state index in [-0.39, 0.29) is 16.1 Å². The van der Waals surface area contributed by atoms with Gasteiger partial charge in [-0.1, -0.05) is 35.9 Å². The van der Waals surface area contributed by atoms with Gasteiger partial charge in [0, 0.05) is 11.3 Å². The van der Waals surface area contributed by atoms with E-state index >= 15 is 0 Å². The van der Waals surface area contributed by atoms with Gasteiger partial charge in [0.05, 0.1) is 10.6 Å². The molecule has 0 bridgehead atoms. The van der Waals surface area contributed by atoms with Gasteiger partial charge in [0.15, 0.2) is 0 Å². The lowest BCUT2D eigenvalue weighted by Crippen LogP contribution is -2.37. The molecular formula is C25H26N2O5S. The second-order valence-corrected chi connectivity index (χ2v) is 10.2. The van der Waals surface area contributed by atoms with Gasteiger partial charge in [0.1, 0.15) is 5.60 Å². The van der Waals surface area contributed by atoms with Crippen LogP contribution in [0.15, 0.2) is 83.8 Å². The third-order valence-corrected chi connectivity index (χ3v) is 6.24. The molecule has 8 heteroatoms. The number of nitrogens with one attached hydrogen (secondary N) is 1. The van der Waals surface area contributed by atoms with Crippen LogP contribution in [0.2, 0.25) is 0 Å². The number of para-hydroxylation sites is 1. The van der Waals surface area contributed by atoms with Gasteiger partial charge in [-0.05, 0) is 76.2 Å². The molecule has 0 heterocycles. The van der Waals surface area contributed by atoms with E-state index in [4.69, 9.17) is 4.74 Å². The van der Waals surface area contributed by atoms with Crippen LogP contribution in [0.1, 0.15) is 36.7 Å². The van der Waals surface area contributed by atoms with Crippen LogP contribution < -0.4 is 9.62 Å². The fraction of sp³-hybridized carbons (Fsp3) is 0.200. The predicted octanol–water partition coefficient (Wildman–Crippen LogP) is 5.38. The molecule has 172 valence electrons. The first kappa shape index (κ1) is 24.0. The van der Waals surface area contributed by atoms with Crippen molar-refractivity contribution in [3.05, 3.63) is 90.0 Å². The highest BCUT2D eigenvalue weighted by atomic mass is 32.2. The lowest BCUT2D eigenvalue weighted by atomic mass is 10.2. The zero-order chi connectivity index (χ0) is 24.2. The molecule has 0 aliphatic rings.